The quantitative estimate of drug-likeness (QED) is 0.660. The smallest absolute Gasteiger partial charge is 0.282 e. The molecule has 2 unspecified atom stereocenters. The first-order chi connectivity index (χ1) is 7.11. The molecule has 1 fully saturated rings. The van der Waals surface area contributed by atoms with Crippen molar-refractivity contribution in [3.05, 3.63) is 6.42 Å². The van der Waals surface area contributed by atoms with Crippen molar-refractivity contribution in [2.45, 2.75) is 40.0 Å². The van der Waals surface area contributed by atoms with E-state index in [-0.39, 0.29) is 0 Å². The molecule has 0 amide bonds. The van der Waals surface area contributed by atoms with E-state index in [0.29, 0.717) is 0 Å². The molecule has 0 aromatic heterocycles. The Bertz CT molecular complexity index is 135. The van der Waals surface area contributed by atoms with Gasteiger partial charge >= 0.3 is 0 Å². The molecule has 1 radical (unpaired) electrons. The molecule has 0 aromatic carbocycles. The monoisotopic (exact) mass is 263 g/mol. The van der Waals surface area contributed by atoms with Gasteiger partial charge in [0.25, 0.3) is 10.0 Å². The van der Waals surface area contributed by atoms with Gasteiger partial charge in [-0.25, -0.2) is 0 Å². The molecule has 2 nitrogen and oxygen atoms in total. The van der Waals surface area contributed by atoms with Gasteiger partial charge in [-0.2, -0.15) is 0 Å². The fourth-order valence-electron chi connectivity index (χ4n) is 1.84. The largest absolute Gasteiger partial charge is 0.449 e. The highest BCUT2D eigenvalue weighted by Gasteiger charge is 2.20. The van der Waals surface area contributed by atoms with E-state index in [1.165, 1.54) is 19.3 Å². The van der Waals surface area contributed by atoms with Gasteiger partial charge in [0.1, 0.15) is 21.0 Å². The molecule has 0 saturated heterocycles. The van der Waals surface area contributed by atoms with Gasteiger partial charge in [0.05, 0.1) is 0 Å². The van der Waals surface area contributed by atoms with Crippen molar-refractivity contribution in [1.29, 1.82) is 0 Å². The minimum absolute atomic E-state index is 0.444. The molecule has 0 bridgehead atoms. The topological polar surface area (TPSA) is 18.5 Å². The van der Waals surface area contributed by atoms with Crippen LogP contribution in [-0.2, 0) is 8.23 Å². The number of hydrogen-bond donors (Lipinski definition) is 0. The third-order valence-corrected chi connectivity index (χ3v) is 4.81. The molecule has 0 spiro atoms. The van der Waals surface area contributed by atoms with Crippen molar-refractivity contribution in [2.75, 3.05) is 0 Å². The summed E-state index contributed by atoms with van der Waals surface area (Å²) in [5.41, 5.74) is 0. The van der Waals surface area contributed by atoms with Gasteiger partial charge in [0.15, 0.2) is 0 Å². The molecule has 5 heteroatoms. The summed E-state index contributed by atoms with van der Waals surface area (Å²) in [6.45, 7) is 7.02. The van der Waals surface area contributed by atoms with Gasteiger partial charge < -0.3 is 8.23 Å². The normalized spacial score (nSPS) is 27.2. The molecule has 0 aromatic rings. The minimum Gasteiger partial charge on any atom is -0.449 e. The lowest BCUT2D eigenvalue weighted by Gasteiger charge is -2.28. The maximum Gasteiger partial charge on any atom is 0.282 e. The highest BCUT2D eigenvalue weighted by molar-refractivity contribution is 6.33. The van der Waals surface area contributed by atoms with Crippen molar-refractivity contribution in [1.82, 2.24) is 0 Å². The Morgan fingerprint density at radius 1 is 1.27 bits per heavy atom. The standard InChI is InChI=1S/C10H19.H8O2Si3/c1-8(2)10-6-4-9(3)5-7-10;3-1-5-2-4/h6,8-10H,4-5,7H2,1-3H3;5H2,3-4H3. The van der Waals surface area contributed by atoms with Crippen LogP contribution in [0.3, 0.4) is 0 Å². The summed E-state index contributed by atoms with van der Waals surface area (Å²) in [5, 5.41) is 0. The van der Waals surface area contributed by atoms with Crippen molar-refractivity contribution >= 4 is 31.0 Å². The Balaban J connectivity index is 0.000000336. The highest BCUT2D eigenvalue weighted by Crippen LogP contribution is 2.31. The highest BCUT2D eigenvalue weighted by atomic mass is 28.3. The van der Waals surface area contributed by atoms with E-state index in [4.69, 9.17) is 8.23 Å². The van der Waals surface area contributed by atoms with Crippen LogP contribution in [0, 0.1) is 24.2 Å². The summed E-state index contributed by atoms with van der Waals surface area (Å²) in [6.07, 6.45) is 6.75. The van der Waals surface area contributed by atoms with Crippen molar-refractivity contribution < 1.29 is 8.23 Å². The molecule has 0 aliphatic heterocycles. The van der Waals surface area contributed by atoms with Gasteiger partial charge in [0.2, 0.25) is 0 Å². The summed E-state index contributed by atoms with van der Waals surface area (Å²) >= 11 is 0. The van der Waals surface area contributed by atoms with E-state index < -0.39 is 10.0 Å². The summed E-state index contributed by atoms with van der Waals surface area (Å²) in [5.74, 6) is 2.73. The van der Waals surface area contributed by atoms with Crippen LogP contribution in [0.5, 0.6) is 0 Å². The number of hydrogen-bond acceptors (Lipinski definition) is 2. The lowest BCUT2D eigenvalue weighted by Crippen LogP contribution is -2.17. The zero-order chi connectivity index (χ0) is 11.7. The first kappa shape index (κ1) is 15.6. The average Bonchev–Trinajstić information content (AvgIpc) is 2.20. The second-order valence-corrected chi connectivity index (χ2v) is 9.61. The van der Waals surface area contributed by atoms with Crippen molar-refractivity contribution in [3.8, 4) is 0 Å². The van der Waals surface area contributed by atoms with E-state index >= 15 is 0 Å². The second kappa shape index (κ2) is 9.77. The Kier molecular flexibility index (Phi) is 10.1. The molecule has 2 atom stereocenters. The predicted molar refractivity (Wildman–Crippen MR) is 76.2 cm³/mol. The lowest BCUT2D eigenvalue weighted by molar-refractivity contribution is 0.302. The Morgan fingerprint density at radius 3 is 2.13 bits per heavy atom. The molecule has 1 rings (SSSR count). The fourth-order valence-corrected chi connectivity index (χ4v) is 4.91. The third-order valence-electron chi connectivity index (χ3n) is 2.93. The van der Waals surface area contributed by atoms with Crippen LogP contribution in [0.2, 0.25) is 0 Å². The molecule has 1 aliphatic rings. The van der Waals surface area contributed by atoms with E-state index in [1.54, 1.807) is 0 Å². The van der Waals surface area contributed by atoms with E-state index in [1.807, 2.05) is 0 Å². The maximum atomic E-state index is 4.78. The lowest BCUT2D eigenvalue weighted by atomic mass is 9.78. The predicted octanol–water partition coefficient (Wildman–Crippen LogP) is -0.138. The Morgan fingerprint density at radius 2 is 1.87 bits per heavy atom. The van der Waals surface area contributed by atoms with Crippen LogP contribution >= 0.6 is 0 Å². The van der Waals surface area contributed by atoms with Crippen LogP contribution < -0.4 is 0 Å². The van der Waals surface area contributed by atoms with Crippen LogP contribution in [-0.4, -0.2) is 31.0 Å². The molecule has 1 saturated carbocycles. The van der Waals surface area contributed by atoms with Crippen LogP contribution in [0.1, 0.15) is 40.0 Å². The summed E-state index contributed by atoms with van der Waals surface area (Å²) in [7, 11) is 1.27. The van der Waals surface area contributed by atoms with Gasteiger partial charge in [-0.1, -0.05) is 27.2 Å². The van der Waals surface area contributed by atoms with Crippen molar-refractivity contribution in [3.63, 3.8) is 0 Å². The molecule has 1 aliphatic carbocycles. The van der Waals surface area contributed by atoms with E-state index in [2.05, 4.69) is 27.2 Å². The minimum atomic E-state index is -0.444. The molecule has 91 valence electrons. The van der Waals surface area contributed by atoms with Crippen LogP contribution in [0.15, 0.2) is 0 Å². The maximum absolute atomic E-state index is 4.78. The molecule has 15 heavy (non-hydrogen) atoms. The first-order valence-electron chi connectivity index (χ1n) is 5.93. The SMILES string of the molecule is CC1C[CH]C(C(C)C)CC1.[SiH3]O[SiH2]O[SiH3]. The Labute approximate surface area is 104 Å². The second-order valence-electron chi connectivity index (χ2n) is 4.76. The molecular formula is C10H27O2Si3. The fraction of sp³-hybridized carbons (Fsp3) is 0.900. The van der Waals surface area contributed by atoms with Crippen LogP contribution in [0.25, 0.3) is 0 Å². The third kappa shape index (κ3) is 8.39. The van der Waals surface area contributed by atoms with Gasteiger partial charge in [-0.15, -0.1) is 0 Å². The average molecular weight is 264 g/mol. The molecular weight excluding hydrogens is 236 g/mol. The first-order valence-corrected chi connectivity index (χ1v) is 8.71. The molecule has 0 heterocycles. The van der Waals surface area contributed by atoms with Gasteiger partial charge in [0, 0.05) is 0 Å². The zero-order valence-corrected chi connectivity index (χ0v) is 16.4. The summed E-state index contributed by atoms with van der Waals surface area (Å²) in [6, 6.07) is 0. The van der Waals surface area contributed by atoms with Crippen LogP contribution in [0.4, 0.5) is 0 Å². The van der Waals surface area contributed by atoms with Crippen molar-refractivity contribution in [2.24, 2.45) is 17.8 Å². The summed E-state index contributed by atoms with van der Waals surface area (Å²) < 4.78 is 9.56. The van der Waals surface area contributed by atoms with Gasteiger partial charge in [-0.3, -0.25) is 0 Å². The van der Waals surface area contributed by atoms with E-state index in [0.717, 1.165) is 38.7 Å². The van der Waals surface area contributed by atoms with Gasteiger partial charge in [-0.05, 0) is 37.0 Å². The van der Waals surface area contributed by atoms with E-state index in [9.17, 15) is 0 Å². The summed E-state index contributed by atoms with van der Waals surface area (Å²) in [4.78, 5) is 0. The number of rotatable bonds is 3. The zero-order valence-electron chi connectivity index (χ0n) is 11.0. The molecule has 0 N–H and O–H groups in total. The Hall–Kier alpha value is 0.571.